The number of carbonyl (C=O) groups excluding carboxylic acids is 1. The summed E-state index contributed by atoms with van der Waals surface area (Å²) >= 11 is 0. The molecule has 8 heteroatoms. The summed E-state index contributed by atoms with van der Waals surface area (Å²) in [6, 6.07) is 8.96. The molecule has 2 rings (SSSR count). The van der Waals surface area contributed by atoms with Gasteiger partial charge in [0.25, 0.3) is 0 Å². The molecule has 0 aromatic heterocycles. The highest BCUT2D eigenvalue weighted by molar-refractivity contribution is 7.92. The lowest BCUT2D eigenvalue weighted by molar-refractivity contribution is -0.116. The monoisotopic (exact) mass is 515 g/mol. The lowest BCUT2D eigenvalue weighted by atomic mass is 9.86. The van der Waals surface area contributed by atoms with E-state index in [1.54, 1.807) is 12.1 Å². The van der Waals surface area contributed by atoms with Crippen LogP contribution in [0.2, 0.25) is 0 Å². The number of rotatable bonds is 11. The van der Waals surface area contributed by atoms with Crippen molar-refractivity contribution in [3.8, 4) is 0 Å². The molecule has 0 aliphatic heterocycles. The van der Waals surface area contributed by atoms with Gasteiger partial charge in [-0.15, -0.1) is 0 Å². The van der Waals surface area contributed by atoms with Gasteiger partial charge < -0.3 is 10.6 Å². The maximum atomic E-state index is 14.5. The zero-order chi connectivity index (χ0) is 27.1. The number of anilines is 2. The average molecular weight is 516 g/mol. The average Bonchev–Trinajstić information content (AvgIpc) is 2.76. The first-order valence-electron chi connectivity index (χ1n) is 12.0. The molecular weight excluding hydrogens is 477 g/mol. The second-order valence-electron chi connectivity index (χ2n) is 10.3. The van der Waals surface area contributed by atoms with Gasteiger partial charge in [-0.25, -0.2) is 12.8 Å². The van der Waals surface area contributed by atoms with E-state index in [0.717, 1.165) is 30.5 Å². The molecule has 0 saturated carbocycles. The van der Waals surface area contributed by atoms with Crippen LogP contribution in [-0.4, -0.2) is 27.1 Å². The van der Waals surface area contributed by atoms with E-state index in [9.17, 15) is 17.6 Å². The van der Waals surface area contributed by atoms with Crippen LogP contribution < -0.4 is 15.4 Å². The molecular formula is C28H38FN3O3S. The molecule has 0 aliphatic carbocycles. The zero-order valence-electron chi connectivity index (χ0n) is 22.0. The lowest BCUT2D eigenvalue weighted by Crippen LogP contribution is -2.20. The van der Waals surface area contributed by atoms with E-state index in [0.29, 0.717) is 11.5 Å². The Morgan fingerprint density at radius 3 is 2.42 bits per heavy atom. The minimum Gasteiger partial charge on any atom is -0.385 e. The molecule has 0 aliphatic rings. The number of benzene rings is 2. The Kier molecular flexibility index (Phi) is 9.87. The second-order valence-corrected chi connectivity index (χ2v) is 12.1. The van der Waals surface area contributed by atoms with Crippen LogP contribution in [0.15, 0.2) is 43.0 Å². The molecule has 3 N–H and O–H groups in total. The molecule has 0 heterocycles. The second kappa shape index (κ2) is 12.2. The zero-order valence-corrected chi connectivity index (χ0v) is 22.9. The Balaban J connectivity index is 2.15. The van der Waals surface area contributed by atoms with Crippen molar-refractivity contribution >= 4 is 39.5 Å². The number of carbonyl (C=O) groups is 1. The SMILES string of the molecule is C=Cc1cc(CNC(=O)/C=C/c2ccc(C(C)(C)C)cc2NCCC(C)C)cc(F)c1NS(C)(=O)=O. The summed E-state index contributed by atoms with van der Waals surface area (Å²) in [6.07, 6.45) is 6.54. The van der Waals surface area contributed by atoms with Gasteiger partial charge in [-0.05, 0) is 58.7 Å². The van der Waals surface area contributed by atoms with E-state index in [2.05, 4.69) is 68.7 Å². The van der Waals surface area contributed by atoms with E-state index in [-0.39, 0.29) is 29.1 Å². The summed E-state index contributed by atoms with van der Waals surface area (Å²) in [5.41, 5.74) is 3.67. The van der Waals surface area contributed by atoms with Gasteiger partial charge in [0.15, 0.2) is 0 Å². The third-order valence-electron chi connectivity index (χ3n) is 5.53. The number of halogens is 1. The van der Waals surface area contributed by atoms with Crippen molar-refractivity contribution in [3.05, 3.63) is 71.1 Å². The predicted molar refractivity (Wildman–Crippen MR) is 149 cm³/mol. The van der Waals surface area contributed by atoms with Gasteiger partial charge in [0.2, 0.25) is 15.9 Å². The van der Waals surface area contributed by atoms with Crippen molar-refractivity contribution in [2.45, 2.75) is 53.0 Å². The van der Waals surface area contributed by atoms with Gasteiger partial charge in [0, 0.05) is 30.4 Å². The maximum absolute atomic E-state index is 14.5. The number of hydrogen-bond donors (Lipinski definition) is 3. The molecule has 0 unspecified atom stereocenters. The molecule has 2 aromatic carbocycles. The summed E-state index contributed by atoms with van der Waals surface area (Å²) in [5, 5.41) is 6.24. The van der Waals surface area contributed by atoms with Crippen LogP contribution in [0.5, 0.6) is 0 Å². The Labute approximate surface area is 215 Å². The highest BCUT2D eigenvalue weighted by Gasteiger charge is 2.16. The Bertz CT molecular complexity index is 1230. The lowest BCUT2D eigenvalue weighted by Gasteiger charge is -2.21. The Hall–Kier alpha value is -3.13. The molecule has 2 aromatic rings. The molecule has 36 heavy (non-hydrogen) atoms. The minimum atomic E-state index is -3.65. The van der Waals surface area contributed by atoms with Gasteiger partial charge in [-0.2, -0.15) is 0 Å². The third-order valence-corrected chi connectivity index (χ3v) is 6.10. The van der Waals surface area contributed by atoms with E-state index in [4.69, 9.17) is 0 Å². The topological polar surface area (TPSA) is 87.3 Å². The van der Waals surface area contributed by atoms with Crippen molar-refractivity contribution in [3.63, 3.8) is 0 Å². The van der Waals surface area contributed by atoms with Crippen molar-refractivity contribution in [2.24, 2.45) is 5.92 Å². The summed E-state index contributed by atoms with van der Waals surface area (Å²) in [7, 11) is -3.65. The highest BCUT2D eigenvalue weighted by Crippen LogP contribution is 2.28. The largest absolute Gasteiger partial charge is 0.385 e. The number of sulfonamides is 1. The summed E-state index contributed by atoms with van der Waals surface area (Å²) in [5.74, 6) is -0.494. The van der Waals surface area contributed by atoms with Crippen LogP contribution in [-0.2, 0) is 26.8 Å². The first kappa shape index (κ1) is 29.1. The van der Waals surface area contributed by atoms with E-state index >= 15 is 0 Å². The molecule has 0 saturated heterocycles. The van der Waals surface area contributed by atoms with Gasteiger partial charge in [-0.1, -0.05) is 59.4 Å². The fourth-order valence-corrected chi connectivity index (χ4v) is 4.06. The van der Waals surface area contributed by atoms with Gasteiger partial charge in [0.1, 0.15) is 5.82 Å². The normalized spacial score (nSPS) is 12.1. The fourth-order valence-electron chi connectivity index (χ4n) is 3.47. The van der Waals surface area contributed by atoms with Crippen LogP contribution in [0, 0.1) is 11.7 Å². The van der Waals surface area contributed by atoms with Crippen LogP contribution in [0.4, 0.5) is 15.8 Å². The van der Waals surface area contributed by atoms with Gasteiger partial charge in [0.05, 0.1) is 11.9 Å². The van der Waals surface area contributed by atoms with E-state index in [1.165, 1.54) is 23.8 Å². The Morgan fingerprint density at radius 2 is 1.83 bits per heavy atom. The quantitative estimate of drug-likeness (QED) is 0.324. The highest BCUT2D eigenvalue weighted by atomic mass is 32.2. The smallest absolute Gasteiger partial charge is 0.244 e. The first-order valence-corrected chi connectivity index (χ1v) is 13.9. The molecule has 1 amide bonds. The molecule has 0 spiro atoms. The van der Waals surface area contributed by atoms with E-state index in [1.807, 2.05) is 6.07 Å². The van der Waals surface area contributed by atoms with Gasteiger partial charge >= 0.3 is 0 Å². The summed E-state index contributed by atoms with van der Waals surface area (Å²) in [6.45, 7) is 15.4. The van der Waals surface area contributed by atoms with Crippen LogP contribution in [0.25, 0.3) is 12.2 Å². The van der Waals surface area contributed by atoms with Crippen molar-refractivity contribution in [1.29, 1.82) is 0 Å². The Morgan fingerprint density at radius 1 is 1.14 bits per heavy atom. The molecule has 6 nitrogen and oxygen atoms in total. The van der Waals surface area contributed by atoms with Crippen molar-refractivity contribution < 1.29 is 17.6 Å². The third kappa shape index (κ3) is 9.15. The first-order chi connectivity index (χ1) is 16.7. The fraction of sp³-hybridized carbons (Fsp3) is 0.393. The maximum Gasteiger partial charge on any atom is 0.244 e. The van der Waals surface area contributed by atoms with Crippen LogP contribution in [0.1, 0.15) is 63.3 Å². The molecule has 0 atom stereocenters. The molecule has 196 valence electrons. The van der Waals surface area contributed by atoms with Crippen LogP contribution >= 0.6 is 0 Å². The van der Waals surface area contributed by atoms with Crippen molar-refractivity contribution in [1.82, 2.24) is 5.32 Å². The number of amides is 1. The predicted octanol–water partition coefficient (Wildman–Crippen LogP) is 5.93. The summed E-state index contributed by atoms with van der Waals surface area (Å²) in [4.78, 5) is 12.5. The number of nitrogens with one attached hydrogen (secondary N) is 3. The van der Waals surface area contributed by atoms with E-state index < -0.39 is 15.8 Å². The molecule has 0 radical (unpaired) electrons. The van der Waals surface area contributed by atoms with Gasteiger partial charge in [-0.3, -0.25) is 9.52 Å². The standard InChI is InChI=1S/C28H38FN3O3S/c1-8-21-15-20(16-24(29)27(21)32-36(7,34)35)18-31-26(33)12-10-22-9-11-23(28(4,5)6)17-25(22)30-14-13-19(2)3/h8-12,15-17,19,30,32H,1,13-14,18H2,2-7H3,(H,31,33)/b12-10+. The minimum absolute atomic E-state index is 0.0000455. The molecule has 0 bridgehead atoms. The van der Waals surface area contributed by atoms with Crippen molar-refractivity contribution in [2.75, 3.05) is 22.8 Å². The number of hydrogen-bond acceptors (Lipinski definition) is 4. The van der Waals surface area contributed by atoms with Crippen LogP contribution in [0.3, 0.4) is 0 Å². The summed E-state index contributed by atoms with van der Waals surface area (Å²) < 4.78 is 39.7. The molecule has 0 fully saturated rings.